The van der Waals surface area contributed by atoms with Crippen molar-refractivity contribution in [2.24, 2.45) is 23.7 Å². The lowest BCUT2D eigenvalue weighted by Crippen LogP contribution is -2.50. The van der Waals surface area contributed by atoms with E-state index >= 15 is 0 Å². The zero-order chi connectivity index (χ0) is 12.8. The first-order valence-corrected chi connectivity index (χ1v) is 8.73. The highest BCUT2D eigenvalue weighted by Gasteiger charge is 2.42. The minimum atomic E-state index is 0.886. The van der Waals surface area contributed by atoms with E-state index in [1.807, 2.05) is 0 Å². The smallest absolute Gasteiger partial charge is 0.0133 e. The van der Waals surface area contributed by atoms with E-state index in [9.17, 15) is 0 Å². The average Bonchev–Trinajstić information content (AvgIpc) is 2.94. The fourth-order valence-corrected chi connectivity index (χ4v) is 5.08. The molecule has 1 N–H and O–H groups in total. The summed E-state index contributed by atoms with van der Waals surface area (Å²) in [6, 6.07) is 1.78. The summed E-state index contributed by atoms with van der Waals surface area (Å²) in [6.45, 7) is 2.68. The number of hydrogen-bond donors (Lipinski definition) is 1. The molecule has 4 aliphatic rings. The lowest BCUT2D eigenvalue weighted by Gasteiger charge is -2.44. The predicted molar refractivity (Wildman–Crippen MR) is 79.1 cm³/mol. The van der Waals surface area contributed by atoms with Crippen molar-refractivity contribution < 1.29 is 0 Å². The average molecular weight is 262 g/mol. The third-order valence-corrected chi connectivity index (χ3v) is 6.60. The summed E-state index contributed by atoms with van der Waals surface area (Å²) in [5.74, 6) is 4.19. The first-order chi connectivity index (χ1) is 9.29. The monoisotopic (exact) mass is 262 g/mol. The lowest BCUT2D eigenvalue weighted by atomic mass is 9.77. The predicted octanol–water partition coefficient (Wildman–Crippen LogP) is 2.89. The van der Waals surface area contributed by atoms with E-state index in [-0.39, 0.29) is 0 Å². The molecule has 0 aromatic heterocycles. The van der Waals surface area contributed by atoms with Crippen molar-refractivity contribution in [3.8, 4) is 0 Å². The van der Waals surface area contributed by atoms with Gasteiger partial charge in [0.25, 0.3) is 0 Å². The van der Waals surface area contributed by atoms with E-state index in [2.05, 4.69) is 17.3 Å². The Hall–Kier alpha value is -0.0800. The molecule has 4 fully saturated rings. The summed E-state index contributed by atoms with van der Waals surface area (Å²) >= 11 is 0. The van der Waals surface area contributed by atoms with Crippen LogP contribution in [0.5, 0.6) is 0 Å². The molecular weight excluding hydrogens is 232 g/mol. The Kier molecular flexibility index (Phi) is 3.35. The Morgan fingerprint density at radius 1 is 0.947 bits per heavy atom. The molecule has 0 radical (unpaired) electrons. The highest BCUT2D eigenvalue weighted by molar-refractivity contribution is 4.95. The van der Waals surface area contributed by atoms with Gasteiger partial charge in [-0.25, -0.2) is 0 Å². The van der Waals surface area contributed by atoms with Gasteiger partial charge in [-0.05, 0) is 82.2 Å². The molecule has 2 bridgehead atoms. The molecule has 0 aromatic carbocycles. The van der Waals surface area contributed by atoms with Crippen molar-refractivity contribution in [2.45, 2.75) is 63.5 Å². The van der Waals surface area contributed by atoms with Crippen LogP contribution in [0.2, 0.25) is 0 Å². The second-order valence-corrected chi connectivity index (χ2v) is 7.96. The summed E-state index contributed by atoms with van der Waals surface area (Å²) < 4.78 is 0. The van der Waals surface area contributed by atoms with Crippen LogP contribution in [-0.4, -0.2) is 37.1 Å². The molecule has 19 heavy (non-hydrogen) atoms. The zero-order valence-electron chi connectivity index (χ0n) is 12.5. The molecule has 4 saturated carbocycles. The van der Waals surface area contributed by atoms with Crippen LogP contribution in [0.1, 0.15) is 51.4 Å². The molecule has 4 rings (SSSR count). The Morgan fingerprint density at radius 3 is 2.42 bits per heavy atom. The molecule has 2 nitrogen and oxygen atoms in total. The number of fused-ring (bicyclic) bond motifs is 2. The molecule has 0 amide bonds. The van der Waals surface area contributed by atoms with E-state index in [0.29, 0.717) is 0 Å². The van der Waals surface area contributed by atoms with Crippen molar-refractivity contribution in [1.29, 1.82) is 0 Å². The fraction of sp³-hybridized carbons (Fsp3) is 1.00. The molecule has 108 valence electrons. The first-order valence-electron chi connectivity index (χ1n) is 8.73. The maximum absolute atomic E-state index is 3.74. The van der Waals surface area contributed by atoms with Gasteiger partial charge in [0.15, 0.2) is 0 Å². The van der Waals surface area contributed by atoms with Crippen LogP contribution in [-0.2, 0) is 0 Å². The lowest BCUT2D eigenvalue weighted by molar-refractivity contribution is 0.0620. The van der Waals surface area contributed by atoms with Crippen molar-refractivity contribution >= 4 is 0 Å². The molecule has 0 saturated heterocycles. The van der Waals surface area contributed by atoms with E-state index in [0.717, 1.165) is 35.8 Å². The molecule has 0 aromatic rings. The van der Waals surface area contributed by atoms with Crippen molar-refractivity contribution in [2.75, 3.05) is 20.1 Å². The molecule has 4 aliphatic carbocycles. The van der Waals surface area contributed by atoms with Gasteiger partial charge in [-0.1, -0.05) is 6.42 Å². The normalized spacial score (nSPS) is 44.8. The molecule has 0 heterocycles. The maximum atomic E-state index is 3.74. The van der Waals surface area contributed by atoms with Crippen LogP contribution >= 0.6 is 0 Å². The third-order valence-electron chi connectivity index (χ3n) is 6.60. The highest BCUT2D eigenvalue weighted by atomic mass is 15.2. The second-order valence-electron chi connectivity index (χ2n) is 7.96. The van der Waals surface area contributed by atoms with Crippen molar-refractivity contribution in [3.63, 3.8) is 0 Å². The molecule has 0 spiro atoms. The van der Waals surface area contributed by atoms with Crippen LogP contribution in [0.3, 0.4) is 0 Å². The quantitative estimate of drug-likeness (QED) is 0.792. The van der Waals surface area contributed by atoms with E-state index in [1.54, 1.807) is 25.7 Å². The minimum Gasteiger partial charge on any atom is -0.314 e. The van der Waals surface area contributed by atoms with Gasteiger partial charge >= 0.3 is 0 Å². The Balaban J connectivity index is 1.24. The van der Waals surface area contributed by atoms with Crippen LogP contribution in [0.25, 0.3) is 0 Å². The van der Waals surface area contributed by atoms with Crippen LogP contribution in [0.15, 0.2) is 0 Å². The van der Waals surface area contributed by atoms with Gasteiger partial charge < -0.3 is 10.2 Å². The van der Waals surface area contributed by atoms with E-state index in [1.165, 1.54) is 38.8 Å². The summed E-state index contributed by atoms with van der Waals surface area (Å²) in [7, 11) is 2.40. The van der Waals surface area contributed by atoms with Gasteiger partial charge in [-0.15, -0.1) is 0 Å². The van der Waals surface area contributed by atoms with Gasteiger partial charge in [0.1, 0.15) is 0 Å². The van der Waals surface area contributed by atoms with Gasteiger partial charge in [-0.3, -0.25) is 0 Å². The van der Waals surface area contributed by atoms with Crippen molar-refractivity contribution in [3.05, 3.63) is 0 Å². The number of hydrogen-bond acceptors (Lipinski definition) is 2. The highest BCUT2D eigenvalue weighted by Crippen LogP contribution is 2.49. The van der Waals surface area contributed by atoms with Gasteiger partial charge in [0.05, 0.1) is 0 Å². The maximum Gasteiger partial charge on any atom is 0.0133 e. The summed E-state index contributed by atoms with van der Waals surface area (Å²) in [4.78, 5) is 2.73. The molecular formula is C17H30N2. The Labute approximate surface area is 118 Å². The molecule has 2 heteroatoms. The molecule has 5 atom stereocenters. The molecule has 0 aliphatic heterocycles. The summed E-state index contributed by atoms with van der Waals surface area (Å²) in [6.07, 6.45) is 12.0. The summed E-state index contributed by atoms with van der Waals surface area (Å²) in [5, 5.41) is 3.74. The number of nitrogens with zero attached hydrogens (tertiary/aromatic N) is 1. The van der Waals surface area contributed by atoms with Crippen LogP contribution < -0.4 is 5.32 Å². The Morgan fingerprint density at radius 2 is 1.84 bits per heavy atom. The van der Waals surface area contributed by atoms with Gasteiger partial charge in [0.2, 0.25) is 0 Å². The van der Waals surface area contributed by atoms with E-state index < -0.39 is 0 Å². The largest absolute Gasteiger partial charge is 0.314 e. The number of rotatable bonds is 6. The van der Waals surface area contributed by atoms with Gasteiger partial charge in [-0.2, -0.15) is 0 Å². The van der Waals surface area contributed by atoms with E-state index in [4.69, 9.17) is 0 Å². The standard InChI is InChI=1S/C17H30N2/c1-19(11-15-9-12-2-3-13(15)8-12)17-7-4-14(17)10-18-16-5-6-16/h12-18H,2-11H2,1H3. The summed E-state index contributed by atoms with van der Waals surface area (Å²) in [5.41, 5.74) is 0. The number of nitrogens with one attached hydrogen (secondary N) is 1. The molecule has 5 unspecified atom stereocenters. The van der Waals surface area contributed by atoms with Gasteiger partial charge in [0, 0.05) is 18.6 Å². The van der Waals surface area contributed by atoms with Crippen LogP contribution in [0, 0.1) is 23.7 Å². The Bertz CT molecular complexity index is 325. The van der Waals surface area contributed by atoms with Crippen LogP contribution in [0.4, 0.5) is 0 Å². The minimum absolute atomic E-state index is 0.886. The second kappa shape index (κ2) is 5.04. The SMILES string of the molecule is CN(CC1CC2CCC1C2)C1CCC1CNC1CC1. The fourth-order valence-electron chi connectivity index (χ4n) is 5.08. The zero-order valence-corrected chi connectivity index (χ0v) is 12.5. The van der Waals surface area contributed by atoms with Crippen molar-refractivity contribution in [1.82, 2.24) is 10.2 Å². The first kappa shape index (κ1) is 12.6. The third kappa shape index (κ3) is 2.58. The topological polar surface area (TPSA) is 15.3 Å².